The van der Waals surface area contributed by atoms with Crippen LogP contribution < -0.4 is 10.6 Å². The van der Waals surface area contributed by atoms with Crippen molar-refractivity contribution in [1.82, 2.24) is 14.9 Å². The van der Waals surface area contributed by atoms with Crippen LogP contribution in [-0.2, 0) is 4.79 Å². The lowest BCUT2D eigenvalue weighted by Gasteiger charge is -2.40. The van der Waals surface area contributed by atoms with E-state index in [1.807, 2.05) is 12.1 Å². The van der Waals surface area contributed by atoms with Crippen molar-refractivity contribution in [2.24, 2.45) is 5.73 Å². The summed E-state index contributed by atoms with van der Waals surface area (Å²) < 4.78 is 0. The molecule has 0 radical (unpaired) electrons. The molecule has 2 unspecified atom stereocenters. The number of anilines is 1. The predicted molar refractivity (Wildman–Crippen MR) is 127 cm³/mol. The zero-order chi connectivity index (χ0) is 20.5. The monoisotopic (exact) mass is 487 g/mol. The number of aliphatic hydroxyl groups is 1. The molecule has 2 aromatic rings. The molecule has 4 rings (SSSR count). The number of hydrogen-bond donors (Lipinski definition) is 2. The Morgan fingerprint density at radius 1 is 1.16 bits per heavy atom. The number of fused-ring (bicyclic) bond motifs is 1. The maximum atomic E-state index is 11.8. The Hall–Kier alpha value is -1.48. The number of aromatic nitrogens is 2. The van der Waals surface area contributed by atoms with Crippen molar-refractivity contribution in [2.75, 3.05) is 31.1 Å². The Kier molecular flexibility index (Phi) is 9.06. The average Bonchev–Trinajstić information content (AvgIpc) is 3.04. The minimum atomic E-state index is -0.510. The largest absolute Gasteiger partial charge is 0.387 e. The average molecular weight is 489 g/mol. The number of carbonyl (C=O) groups is 1. The van der Waals surface area contributed by atoms with Crippen LogP contribution in [0.1, 0.15) is 48.1 Å². The van der Waals surface area contributed by atoms with Crippen molar-refractivity contribution in [2.45, 2.75) is 37.5 Å². The van der Waals surface area contributed by atoms with Crippen LogP contribution in [0.4, 0.5) is 5.82 Å². The fourth-order valence-corrected chi connectivity index (χ4v) is 4.58. The second-order valence-corrected chi connectivity index (χ2v) is 8.31. The number of nitrogens with zero attached hydrogens (tertiary/aromatic N) is 4. The first-order valence-corrected chi connectivity index (χ1v) is 10.4. The van der Waals surface area contributed by atoms with Gasteiger partial charge >= 0.3 is 0 Å². The van der Waals surface area contributed by atoms with Gasteiger partial charge in [0.1, 0.15) is 18.4 Å². The molecule has 7 nitrogen and oxygen atoms in total. The Balaban J connectivity index is 0.00000171. The number of aliphatic hydroxyl groups excluding tert-OH is 1. The molecule has 3 N–H and O–H groups in total. The lowest BCUT2D eigenvalue weighted by molar-refractivity contribution is -0.110. The highest BCUT2D eigenvalue weighted by molar-refractivity contribution is 6.30. The van der Waals surface area contributed by atoms with Crippen molar-refractivity contribution < 1.29 is 9.90 Å². The molecule has 1 aliphatic heterocycles. The van der Waals surface area contributed by atoms with E-state index in [4.69, 9.17) is 17.3 Å². The van der Waals surface area contributed by atoms with Gasteiger partial charge in [0.15, 0.2) is 0 Å². The molecule has 2 heterocycles. The van der Waals surface area contributed by atoms with E-state index in [1.54, 1.807) is 12.1 Å². The summed E-state index contributed by atoms with van der Waals surface area (Å²) >= 11 is 5.96. The lowest BCUT2D eigenvalue weighted by Crippen LogP contribution is -2.55. The molecule has 31 heavy (non-hydrogen) atoms. The summed E-state index contributed by atoms with van der Waals surface area (Å²) in [5.74, 6) is 0.745. The molecule has 10 heteroatoms. The third-order valence-electron chi connectivity index (χ3n) is 6.08. The second-order valence-electron chi connectivity index (χ2n) is 7.88. The third-order valence-corrected chi connectivity index (χ3v) is 6.34. The first-order valence-electron chi connectivity index (χ1n) is 9.97. The smallest absolute Gasteiger partial charge is 0.135 e. The van der Waals surface area contributed by atoms with Gasteiger partial charge in [-0.3, -0.25) is 4.90 Å². The summed E-state index contributed by atoms with van der Waals surface area (Å²) in [7, 11) is 0. The maximum absolute atomic E-state index is 11.8. The minimum Gasteiger partial charge on any atom is -0.387 e. The summed E-state index contributed by atoms with van der Waals surface area (Å²) in [5, 5.41) is 10.9. The Morgan fingerprint density at radius 3 is 2.42 bits per heavy atom. The van der Waals surface area contributed by atoms with Crippen LogP contribution in [-0.4, -0.2) is 58.6 Å². The molecule has 1 aromatic heterocycles. The number of hydrogen-bond acceptors (Lipinski definition) is 7. The van der Waals surface area contributed by atoms with Crippen molar-refractivity contribution in [1.29, 1.82) is 0 Å². The van der Waals surface area contributed by atoms with E-state index in [2.05, 4.69) is 26.7 Å². The molecule has 0 saturated carbocycles. The van der Waals surface area contributed by atoms with E-state index in [0.717, 1.165) is 55.1 Å². The van der Waals surface area contributed by atoms with Crippen LogP contribution in [0.5, 0.6) is 0 Å². The van der Waals surface area contributed by atoms with E-state index in [-0.39, 0.29) is 30.7 Å². The molecule has 1 saturated heterocycles. The van der Waals surface area contributed by atoms with E-state index < -0.39 is 18.2 Å². The van der Waals surface area contributed by atoms with E-state index in [1.165, 1.54) is 6.33 Å². The molecular weight excluding hydrogens is 461 g/mol. The molecule has 0 spiro atoms. The number of aldehydes is 1. The van der Waals surface area contributed by atoms with E-state index >= 15 is 0 Å². The molecule has 2 aliphatic rings. The number of benzene rings is 1. The Bertz CT molecular complexity index is 878. The third kappa shape index (κ3) is 5.13. The van der Waals surface area contributed by atoms with Gasteiger partial charge in [0.25, 0.3) is 0 Å². The molecule has 1 aliphatic carbocycles. The SMILES string of the molecule is C[C@@H]1C[C@@H](O)c2ncnc(N3CCN(C(N)C(C=O)c4ccc(Cl)cc4)CC3)c21.Cl.Cl. The molecule has 4 atom stereocenters. The van der Waals surface area contributed by atoms with Crippen molar-refractivity contribution in [3.63, 3.8) is 0 Å². The first-order chi connectivity index (χ1) is 14.0. The van der Waals surface area contributed by atoms with Gasteiger partial charge in [-0.2, -0.15) is 0 Å². The van der Waals surface area contributed by atoms with Gasteiger partial charge in [0, 0.05) is 36.8 Å². The van der Waals surface area contributed by atoms with Gasteiger partial charge in [-0.1, -0.05) is 30.7 Å². The lowest BCUT2D eigenvalue weighted by atomic mass is 9.96. The molecule has 170 valence electrons. The second kappa shape index (κ2) is 10.9. The highest BCUT2D eigenvalue weighted by atomic mass is 35.5. The van der Waals surface area contributed by atoms with Crippen LogP contribution in [0.2, 0.25) is 5.02 Å². The van der Waals surface area contributed by atoms with Gasteiger partial charge in [-0.15, -0.1) is 24.8 Å². The van der Waals surface area contributed by atoms with Gasteiger partial charge in [0.05, 0.1) is 23.9 Å². The molecular formula is C21H28Cl3N5O2. The van der Waals surface area contributed by atoms with Gasteiger partial charge in [-0.05, 0) is 30.0 Å². The van der Waals surface area contributed by atoms with Crippen molar-refractivity contribution >= 4 is 48.5 Å². The van der Waals surface area contributed by atoms with Crippen molar-refractivity contribution in [3.05, 3.63) is 52.4 Å². The number of piperazine rings is 1. The normalized spacial score (nSPS) is 22.6. The van der Waals surface area contributed by atoms with Gasteiger partial charge < -0.3 is 20.5 Å². The van der Waals surface area contributed by atoms with Crippen LogP contribution >= 0.6 is 36.4 Å². The standard InChI is InChI=1S/C21H26ClN5O2.2ClH/c1-13-10-17(29)19-18(13)21(25-12-24-19)27-8-6-26(7-9-27)20(23)16(11-28)14-2-4-15(22)5-3-14;;/h2-5,11-13,16-17,20,29H,6-10,23H2,1H3;2*1H/t13-,16?,17-,20?;;/m1../s1. The highest BCUT2D eigenvalue weighted by Crippen LogP contribution is 2.42. The van der Waals surface area contributed by atoms with E-state index in [9.17, 15) is 9.90 Å². The molecule has 0 bridgehead atoms. The minimum absolute atomic E-state index is 0. The topological polar surface area (TPSA) is 95.6 Å². The maximum Gasteiger partial charge on any atom is 0.135 e. The molecule has 1 aromatic carbocycles. The number of carbonyl (C=O) groups excluding carboxylic acids is 1. The number of nitrogens with two attached hydrogens (primary N) is 1. The van der Waals surface area contributed by atoms with Crippen LogP contribution in [0.15, 0.2) is 30.6 Å². The highest BCUT2D eigenvalue weighted by Gasteiger charge is 2.34. The van der Waals surface area contributed by atoms with Crippen molar-refractivity contribution in [3.8, 4) is 0 Å². The van der Waals surface area contributed by atoms with Crippen LogP contribution in [0.3, 0.4) is 0 Å². The first kappa shape index (κ1) is 25.8. The number of rotatable bonds is 5. The van der Waals surface area contributed by atoms with Crippen LogP contribution in [0, 0.1) is 0 Å². The zero-order valence-corrected chi connectivity index (χ0v) is 19.6. The summed E-state index contributed by atoms with van der Waals surface area (Å²) in [6, 6.07) is 7.27. The Labute approximate surface area is 199 Å². The summed E-state index contributed by atoms with van der Waals surface area (Å²) in [6.07, 6.45) is 2.24. The fourth-order valence-electron chi connectivity index (χ4n) is 4.45. The van der Waals surface area contributed by atoms with Gasteiger partial charge in [-0.25, -0.2) is 9.97 Å². The van der Waals surface area contributed by atoms with Crippen LogP contribution in [0.25, 0.3) is 0 Å². The molecule has 1 fully saturated rings. The fraction of sp³-hybridized carbons (Fsp3) is 0.476. The summed E-state index contributed by atoms with van der Waals surface area (Å²) in [5.41, 5.74) is 9.16. The predicted octanol–water partition coefficient (Wildman–Crippen LogP) is 2.90. The zero-order valence-electron chi connectivity index (χ0n) is 17.2. The quantitative estimate of drug-likeness (QED) is 0.625. The number of halogens is 3. The molecule has 0 amide bonds. The summed E-state index contributed by atoms with van der Waals surface area (Å²) in [6.45, 7) is 5.08. The van der Waals surface area contributed by atoms with Gasteiger partial charge in [0.2, 0.25) is 0 Å². The Morgan fingerprint density at radius 2 is 1.81 bits per heavy atom. The van der Waals surface area contributed by atoms with E-state index in [0.29, 0.717) is 11.4 Å². The summed E-state index contributed by atoms with van der Waals surface area (Å²) in [4.78, 5) is 25.0.